The number of nitrogens with two attached hydrogens (primary N) is 1. The highest BCUT2D eigenvalue weighted by Gasteiger charge is 2.21. The van der Waals surface area contributed by atoms with Crippen LogP contribution in [0.5, 0.6) is 0 Å². The Hall–Kier alpha value is -1.39. The first-order chi connectivity index (χ1) is 7.81. The Labute approximate surface area is 95.6 Å². The van der Waals surface area contributed by atoms with Crippen molar-refractivity contribution >= 4 is 12.1 Å². The smallest absolute Gasteiger partial charge is 0.228 e. The average Bonchev–Trinajstić information content (AvgIpc) is 2.34. The van der Waals surface area contributed by atoms with Crippen LogP contribution in [0.15, 0.2) is 30.3 Å². The second-order valence-electron chi connectivity index (χ2n) is 4.08. The normalized spacial score (nSPS) is 18.3. The van der Waals surface area contributed by atoms with E-state index in [4.69, 9.17) is 5.73 Å². The van der Waals surface area contributed by atoms with Crippen LogP contribution in [0.25, 0.3) is 0 Å². The molecular formula is C12H17N3O. The quantitative estimate of drug-likeness (QED) is 0.771. The molecule has 16 heavy (non-hydrogen) atoms. The SMILES string of the molecule is NC1CCN(N(C=O)c2ccccc2)CC1. The van der Waals surface area contributed by atoms with Crippen molar-refractivity contribution in [1.29, 1.82) is 0 Å². The van der Waals surface area contributed by atoms with E-state index in [1.54, 1.807) is 5.01 Å². The lowest BCUT2D eigenvalue weighted by molar-refractivity contribution is -0.110. The summed E-state index contributed by atoms with van der Waals surface area (Å²) in [6, 6.07) is 9.95. The Kier molecular flexibility index (Phi) is 3.54. The van der Waals surface area contributed by atoms with Gasteiger partial charge in [-0.2, -0.15) is 0 Å². The summed E-state index contributed by atoms with van der Waals surface area (Å²) < 4.78 is 0. The zero-order valence-corrected chi connectivity index (χ0v) is 9.25. The summed E-state index contributed by atoms with van der Waals surface area (Å²) in [4.78, 5) is 11.1. The van der Waals surface area contributed by atoms with Crippen molar-refractivity contribution in [3.63, 3.8) is 0 Å². The third kappa shape index (κ3) is 2.40. The molecule has 0 aliphatic carbocycles. The Balaban J connectivity index is 2.08. The molecule has 0 atom stereocenters. The van der Waals surface area contributed by atoms with Crippen LogP contribution in [0.2, 0.25) is 0 Å². The molecule has 0 spiro atoms. The van der Waals surface area contributed by atoms with Crippen LogP contribution in [-0.4, -0.2) is 30.6 Å². The van der Waals surface area contributed by atoms with Gasteiger partial charge < -0.3 is 5.73 Å². The van der Waals surface area contributed by atoms with Crippen molar-refractivity contribution in [2.75, 3.05) is 18.1 Å². The number of carbonyl (C=O) groups excluding carboxylic acids is 1. The summed E-state index contributed by atoms with van der Waals surface area (Å²) in [5.41, 5.74) is 6.75. The Morgan fingerprint density at radius 3 is 2.44 bits per heavy atom. The first-order valence-electron chi connectivity index (χ1n) is 5.61. The van der Waals surface area contributed by atoms with Gasteiger partial charge in [0, 0.05) is 19.1 Å². The molecule has 2 rings (SSSR count). The van der Waals surface area contributed by atoms with E-state index in [9.17, 15) is 4.79 Å². The van der Waals surface area contributed by atoms with Crippen LogP contribution in [0.1, 0.15) is 12.8 Å². The van der Waals surface area contributed by atoms with E-state index >= 15 is 0 Å². The molecule has 2 N–H and O–H groups in total. The first kappa shape index (κ1) is 11.1. The number of anilines is 1. The Bertz CT molecular complexity index is 333. The third-order valence-corrected chi connectivity index (χ3v) is 2.94. The number of benzene rings is 1. The van der Waals surface area contributed by atoms with Gasteiger partial charge in [-0.05, 0) is 25.0 Å². The molecule has 0 aromatic heterocycles. The Morgan fingerprint density at radius 2 is 1.88 bits per heavy atom. The standard InChI is InChI=1S/C12H17N3O/c13-11-6-8-14(9-7-11)15(10-16)12-4-2-1-3-5-12/h1-5,10-11H,6-9,13H2. The molecule has 1 amide bonds. The van der Waals surface area contributed by atoms with Crippen LogP contribution in [0.4, 0.5) is 5.69 Å². The van der Waals surface area contributed by atoms with Crippen molar-refractivity contribution in [3.8, 4) is 0 Å². The molecule has 1 aliphatic rings. The van der Waals surface area contributed by atoms with Crippen LogP contribution in [-0.2, 0) is 4.79 Å². The number of piperidine rings is 1. The Morgan fingerprint density at radius 1 is 1.25 bits per heavy atom. The monoisotopic (exact) mass is 219 g/mol. The molecular weight excluding hydrogens is 202 g/mol. The summed E-state index contributed by atoms with van der Waals surface area (Å²) in [5, 5.41) is 3.72. The maximum atomic E-state index is 11.1. The van der Waals surface area contributed by atoms with Gasteiger partial charge >= 0.3 is 0 Å². The number of nitrogens with zero attached hydrogens (tertiary/aromatic N) is 2. The number of hydrogen-bond acceptors (Lipinski definition) is 3. The molecule has 0 saturated carbocycles. The van der Waals surface area contributed by atoms with Crippen molar-refractivity contribution in [2.45, 2.75) is 18.9 Å². The minimum Gasteiger partial charge on any atom is -0.328 e. The van der Waals surface area contributed by atoms with Gasteiger partial charge in [-0.25, -0.2) is 10.0 Å². The molecule has 1 aliphatic heterocycles. The first-order valence-corrected chi connectivity index (χ1v) is 5.61. The van der Waals surface area contributed by atoms with Gasteiger partial charge in [0.1, 0.15) is 0 Å². The van der Waals surface area contributed by atoms with Gasteiger partial charge in [0.05, 0.1) is 5.69 Å². The molecule has 0 radical (unpaired) electrons. The lowest BCUT2D eigenvalue weighted by Gasteiger charge is -2.36. The number of para-hydroxylation sites is 1. The summed E-state index contributed by atoms with van der Waals surface area (Å²) in [6.45, 7) is 1.68. The third-order valence-electron chi connectivity index (χ3n) is 2.94. The number of rotatable bonds is 3. The van der Waals surface area contributed by atoms with Crippen molar-refractivity contribution in [1.82, 2.24) is 5.01 Å². The van der Waals surface area contributed by atoms with Crippen molar-refractivity contribution in [2.24, 2.45) is 5.73 Å². The number of carbonyl (C=O) groups is 1. The fourth-order valence-electron chi connectivity index (χ4n) is 1.97. The molecule has 1 aromatic rings. The lowest BCUT2D eigenvalue weighted by atomic mass is 10.1. The maximum Gasteiger partial charge on any atom is 0.228 e. The molecule has 1 heterocycles. The minimum absolute atomic E-state index is 0.278. The average molecular weight is 219 g/mol. The summed E-state index contributed by atoms with van der Waals surface area (Å²) in [7, 11) is 0. The van der Waals surface area contributed by atoms with Crippen molar-refractivity contribution in [3.05, 3.63) is 30.3 Å². The number of hydrogen-bond donors (Lipinski definition) is 1. The second kappa shape index (κ2) is 5.09. The predicted molar refractivity (Wildman–Crippen MR) is 63.8 cm³/mol. The fraction of sp³-hybridized carbons (Fsp3) is 0.417. The summed E-state index contributed by atoms with van der Waals surface area (Å²) in [6.07, 6.45) is 2.75. The van der Waals surface area contributed by atoms with Crippen LogP contribution < -0.4 is 10.7 Å². The summed E-state index contributed by atoms with van der Waals surface area (Å²) in [5.74, 6) is 0. The van der Waals surface area contributed by atoms with Gasteiger partial charge in [-0.15, -0.1) is 0 Å². The molecule has 4 nitrogen and oxygen atoms in total. The molecule has 0 bridgehead atoms. The molecule has 1 aromatic carbocycles. The van der Waals surface area contributed by atoms with E-state index in [0.29, 0.717) is 0 Å². The highest BCUT2D eigenvalue weighted by Crippen LogP contribution is 2.17. The maximum absolute atomic E-state index is 11.1. The summed E-state index contributed by atoms with van der Waals surface area (Å²) >= 11 is 0. The van der Waals surface area contributed by atoms with E-state index < -0.39 is 0 Å². The predicted octanol–water partition coefficient (Wildman–Crippen LogP) is 0.987. The van der Waals surface area contributed by atoms with Crippen LogP contribution in [0.3, 0.4) is 0 Å². The second-order valence-corrected chi connectivity index (χ2v) is 4.08. The van der Waals surface area contributed by atoms with Gasteiger partial charge in [-0.1, -0.05) is 18.2 Å². The topological polar surface area (TPSA) is 49.6 Å². The van der Waals surface area contributed by atoms with Crippen LogP contribution in [0, 0.1) is 0 Å². The highest BCUT2D eigenvalue weighted by molar-refractivity contribution is 5.73. The fourth-order valence-corrected chi connectivity index (χ4v) is 1.97. The van der Waals surface area contributed by atoms with E-state index in [2.05, 4.69) is 0 Å². The lowest BCUT2D eigenvalue weighted by Crippen LogP contribution is -2.49. The molecule has 0 unspecified atom stereocenters. The van der Waals surface area contributed by atoms with E-state index in [1.807, 2.05) is 35.3 Å². The van der Waals surface area contributed by atoms with Gasteiger partial charge in [0.15, 0.2) is 0 Å². The largest absolute Gasteiger partial charge is 0.328 e. The van der Waals surface area contributed by atoms with E-state index in [1.165, 1.54) is 0 Å². The number of amides is 1. The van der Waals surface area contributed by atoms with E-state index in [-0.39, 0.29) is 6.04 Å². The zero-order valence-electron chi connectivity index (χ0n) is 9.25. The van der Waals surface area contributed by atoms with Gasteiger partial charge in [0.25, 0.3) is 0 Å². The zero-order chi connectivity index (χ0) is 11.4. The molecule has 1 saturated heterocycles. The van der Waals surface area contributed by atoms with Crippen molar-refractivity contribution < 1.29 is 4.79 Å². The molecule has 86 valence electrons. The van der Waals surface area contributed by atoms with Crippen LogP contribution >= 0.6 is 0 Å². The minimum atomic E-state index is 0.278. The number of hydrazine groups is 1. The van der Waals surface area contributed by atoms with Gasteiger partial charge in [-0.3, -0.25) is 4.79 Å². The van der Waals surface area contributed by atoms with Gasteiger partial charge in [0.2, 0.25) is 6.41 Å². The van der Waals surface area contributed by atoms with E-state index in [0.717, 1.165) is 38.0 Å². The highest BCUT2D eigenvalue weighted by atomic mass is 16.1. The molecule has 1 fully saturated rings. The molecule has 4 heteroatoms.